The van der Waals surface area contributed by atoms with E-state index in [0.717, 1.165) is 70.6 Å². The van der Waals surface area contributed by atoms with E-state index in [2.05, 4.69) is 69.4 Å². The van der Waals surface area contributed by atoms with Crippen LogP contribution in [0.1, 0.15) is 265 Å². The second-order valence-electron chi connectivity index (χ2n) is 17.4. The molecule has 0 aromatic carbocycles. The molecule has 0 amide bonds. The fourth-order valence-electron chi connectivity index (χ4n) is 7.36. The van der Waals surface area contributed by atoms with Gasteiger partial charge >= 0.3 is 11.9 Å². The summed E-state index contributed by atoms with van der Waals surface area (Å²) in [6, 6.07) is 0. The van der Waals surface area contributed by atoms with Gasteiger partial charge < -0.3 is 14.2 Å². The summed E-state index contributed by atoms with van der Waals surface area (Å²) in [4.78, 5) is 25.4. The summed E-state index contributed by atoms with van der Waals surface area (Å²) in [7, 11) is 0. The number of ether oxygens (including phenoxy) is 3. The zero-order valence-electron chi connectivity index (χ0n) is 40.2. The molecule has 1 unspecified atom stereocenters. The number of hydrogen-bond donors (Lipinski definition) is 0. The highest BCUT2D eigenvalue weighted by molar-refractivity contribution is 5.70. The lowest BCUT2D eigenvalue weighted by molar-refractivity contribution is -0.163. The highest BCUT2D eigenvalue weighted by Crippen LogP contribution is 2.14. The smallest absolute Gasteiger partial charge is 0.306 e. The predicted molar refractivity (Wildman–Crippen MR) is 261 cm³/mol. The maximum atomic E-state index is 12.8. The molecule has 0 rings (SSSR count). The third-order valence-electron chi connectivity index (χ3n) is 11.3. The van der Waals surface area contributed by atoms with Crippen LogP contribution < -0.4 is 0 Å². The van der Waals surface area contributed by atoms with Crippen molar-refractivity contribution < 1.29 is 23.8 Å². The van der Waals surface area contributed by atoms with Gasteiger partial charge in [-0.15, -0.1) is 0 Å². The molecular weight excluding hydrogens is 741 g/mol. The van der Waals surface area contributed by atoms with Crippen LogP contribution in [0.2, 0.25) is 0 Å². The molecule has 0 fully saturated rings. The molecule has 0 aliphatic carbocycles. The Morgan fingerprint density at radius 1 is 0.367 bits per heavy atom. The van der Waals surface area contributed by atoms with Crippen molar-refractivity contribution in [1.29, 1.82) is 0 Å². The van der Waals surface area contributed by atoms with Crippen LogP contribution in [0.25, 0.3) is 0 Å². The van der Waals surface area contributed by atoms with Gasteiger partial charge in [-0.2, -0.15) is 0 Å². The van der Waals surface area contributed by atoms with Crippen LogP contribution in [-0.2, 0) is 23.8 Å². The number of allylic oxidation sites excluding steroid dienone is 8. The third-order valence-corrected chi connectivity index (χ3v) is 11.3. The fourth-order valence-corrected chi connectivity index (χ4v) is 7.36. The van der Waals surface area contributed by atoms with Crippen molar-refractivity contribution >= 4 is 11.9 Å². The molecule has 0 radical (unpaired) electrons. The summed E-state index contributed by atoms with van der Waals surface area (Å²) in [6.07, 6.45) is 62.6. The number of carbonyl (C=O) groups is 2. The minimum atomic E-state index is -0.547. The number of unbranched alkanes of at least 4 members (excludes halogenated alkanes) is 29. The Kier molecular flexibility index (Phi) is 49.4. The average molecular weight is 841 g/mol. The Balaban J connectivity index is 4.29. The molecule has 60 heavy (non-hydrogen) atoms. The molecule has 0 aromatic heterocycles. The van der Waals surface area contributed by atoms with Gasteiger partial charge in [0.15, 0.2) is 6.10 Å². The molecule has 0 N–H and O–H groups in total. The van der Waals surface area contributed by atoms with E-state index in [-0.39, 0.29) is 25.2 Å². The first-order chi connectivity index (χ1) is 29.6. The van der Waals surface area contributed by atoms with Crippen molar-refractivity contribution in [3.05, 3.63) is 48.6 Å². The largest absolute Gasteiger partial charge is 0.462 e. The van der Waals surface area contributed by atoms with Gasteiger partial charge in [-0.05, 0) is 96.3 Å². The van der Waals surface area contributed by atoms with Crippen LogP contribution in [-0.4, -0.2) is 37.9 Å². The van der Waals surface area contributed by atoms with E-state index in [1.54, 1.807) is 0 Å². The Morgan fingerprint density at radius 2 is 0.733 bits per heavy atom. The van der Waals surface area contributed by atoms with Gasteiger partial charge in [0.1, 0.15) is 6.61 Å². The van der Waals surface area contributed by atoms with E-state index >= 15 is 0 Å². The quantitative estimate of drug-likeness (QED) is 0.0347. The molecule has 1 atom stereocenters. The zero-order valence-corrected chi connectivity index (χ0v) is 40.2. The van der Waals surface area contributed by atoms with Gasteiger partial charge in [0, 0.05) is 19.4 Å². The number of esters is 2. The second kappa shape index (κ2) is 51.2. The predicted octanol–water partition coefficient (Wildman–Crippen LogP) is 17.6. The molecule has 5 heteroatoms. The Labute approximate surface area is 373 Å². The standard InChI is InChI=1S/C55H100O5/c1-4-7-10-13-16-19-22-25-28-30-33-36-39-42-45-48-54(56)59-52-53(51-58-50-47-44-41-38-35-32-27-24-21-18-15-12-9-6-3)60-55(57)49-46-43-40-37-34-31-29-26-23-20-17-14-11-8-5-2/h12,15,21,24-26,28-29,53H,4-11,13-14,16-20,22-23,27,30-52H2,1-3H3/b15-12-,24-21-,28-25-,29-26-. The van der Waals surface area contributed by atoms with E-state index in [1.165, 1.54) is 161 Å². The fraction of sp³-hybridized carbons (Fsp3) is 0.818. The van der Waals surface area contributed by atoms with E-state index in [0.29, 0.717) is 19.4 Å². The summed E-state index contributed by atoms with van der Waals surface area (Å²) >= 11 is 0. The van der Waals surface area contributed by atoms with Crippen molar-refractivity contribution in [1.82, 2.24) is 0 Å². The van der Waals surface area contributed by atoms with Gasteiger partial charge in [-0.1, -0.05) is 204 Å². The Hall–Kier alpha value is -2.14. The van der Waals surface area contributed by atoms with Crippen LogP contribution >= 0.6 is 0 Å². The molecule has 0 saturated carbocycles. The van der Waals surface area contributed by atoms with Crippen LogP contribution in [0.5, 0.6) is 0 Å². The highest BCUT2D eigenvalue weighted by Gasteiger charge is 2.17. The van der Waals surface area contributed by atoms with Gasteiger partial charge in [0.2, 0.25) is 0 Å². The first kappa shape index (κ1) is 57.9. The second-order valence-corrected chi connectivity index (χ2v) is 17.4. The minimum Gasteiger partial charge on any atom is -0.462 e. The van der Waals surface area contributed by atoms with E-state index < -0.39 is 6.10 Å². The molecule has 0 saturated heterocycles. The van der Waals surface area contributed by atoms with Crippen LogP contribution in [0.15, 0.2) is 48.6 Å². The first-order valence-corrected chi connectivity index (χ1v) is 26.2. The Bertz CT molecular complexity index is 997. The lowest BCUT2D eigenvalue weighted by atomic mass is 10.1. The van der Waals surface area contributed by atoms with Crippen LogP contribution in [0.3, 0.4) is 0 Å². The minimum absolute atomic E-state index is 0.0749. The zero-order chi connectivity index (χ0) is 43.5. The molecule has 0 aliphatic rings. The van der Waals surface area contributed by atoms with Crippen molar-refractivity contribution in [2.24, 2.45) is 0 Å². The maximum absolute atomic E-state index is 12.8. The molecule has 0 aliphatic heterocycles. The molecule has 5 nitrogen and oxygen atoms in total. The molecule has 0 heterocycles. The summed E-state index contributed by atoms with van der Waals surface area (Å²) in [5, 5.41) is 0. The Morgan fingerprint density at radius 3 is 1.18 bits per heavy atom. The normalized spacial score (nSPS) is 12.5. The van der Waals surface area contributed by atoms with E-state index in [4.69, 9.17) is 14.2 Å². The highest BCUT2D eigenvalue weighted by atomic mass is 16.6. The first-order valence-electron chi connectivity index (χ1n) is 26.2. The maximum Gasteiger partial charge on any atom is 0.306 e. The van der Waals surface area contributed by atoms with Crippen molar-refractivity contribution in [2.45, 2.75) is 271 Å². The monoisotopic (exact) mass is 841 g/mol. The molecular formula is C55H100O5. The topological polar surface area (TPSA) is 61.8 Å². The molecule has 0 aromatic rings. The summed E-state index contributed by atoms with van der Waals surface area (Å²) in [6.45, 7) is 7.74. The lowest BCUT2D eigenvalue weighted by Gasteiger charge is -2.18. The van der Waals surface area contributed by atoms with Gasteiger partial charge in [-0.25, -0.2) is 0 Å². The number of carbonyl (C=O) groups excluding carboxylic acids is 2. The number of rotatable bonds is 48. The van der Waals surface area contributed by atoms with Gasteiger partial charge in [0.05, 0.1) is 6.61 Å². The van der Waals surface area contributed by atoms with E-state index in [9.17, 15) is 9.59 Å². The summed E-state index contributed by atoms with van der Waals surface area (Å²) in [5.41, 5.74) is 0. The van der Waals surface area contributed by atoms with E-state index in [1.807, 2.05) is 0 Å². The van der Waals surface area contributed by atoms with Crippen LogP contribution in [0, 0.1) is 0 Å². The third kappa shape index (κ3) is 48.5. The molecule has 0 spiro atoms. The van der Waals surface area contributed by atoms with Gasteiger partial charge in [0.25, 0.3) is 0 Å². The average Bonchev–Trinajstić information content (AvgIpc) is 3.25. The molecule has 350 valence electrons. The molecule has 0 bridgehead atoms. The van der Waals surface area contributed by atoms with Gasteiger partial charge in [-0.3, -0.25) is 9.59 Å². The number of hydrogen-bond acceptors (Lipinski definition) is 5. The van der Waals surface area contributed by atoms with Crippen molar-refractivity contribution in [2.75, 3.05) is 19.8 Å². The van der Waals surface area contributed by atoms with Crippen molar-refractivity contribution in [3.63, 3.8) is 0 Å². The van der Waals surface area contributed by atoms with Crippen LogP contribution in [0.4, 0.5) is 0 Å². The SMILES string of the molecule is CCC/C=C\C/C=C\CCCCCCCCOCC(COC(=O)CCCCCCC/C=C\CCCCCCCC)OC(=O)CCCCCCC/C=C\CCCCCCCC. The lowest BCUT2D eigenvalue weighted by Crippen LogP contribution is -2.30. The van der Waals surface area contributed by atoms with Crippen molar-refractivity contribution in [3.8, 4) is 0 Å². The summed E-state index contributed by atoms with van der Waals surface area (Å²) in [5.74, 6) is -0.414. The summed E-state index contributed by atoms with van der Waals surface area (Å²) < 4.78 is 17.4.